The first kappa shape index (κ1) is 15.9. The molecule has 0 aromatic carbocycles. The highest BCUT2D eigenvalue weighted by Crippen LogP contribution is 2.29. The number of halogens is 1. The highest BCUT2D eigenvalue weighted by molar-refractivity contribution is 9.11. The maximum absolute atomic E-state index is 9.73. The fraction of sp³-hybridized carbons (Fsp3) is 0.692. The topological polar surface area (TPSA) is 49.7 Å². The summed E-state index contributed by atoms with van der Waals surface area (Å²) in [6, 6.07) is 0. The summed E-state index contributed by atoms with van der Waals surface area (Å²) in [7, 11) is -1.45. The van der Waals surface area contributed by atoms with Gasteiger partial charge in [0.05, 0.1) is 12.7 Å². The number of aliphatic hydroxyl groups excluding tert-OH is 2. The minimum absolute atomic E-state index is 0.0476. The summed E-state index contributed by atoms with van der Waals surface area (Å²) in [5, 5.41) is 18.8. The zero-order chi connectivity index (χ0) is 13.9. The molecule has 0 radical (unpaired) electrons. The van der Waals surface area contributed by atoms with Crippen molar-refractivity contribution in [2.45, 2.75) is 44.9 Å². The molecule has 1 heterocycles. The Labute approximate surface area is 118 Å². The largest absolute Gasteiger partial charge is 0.394 e. The minimum Gasteiger partial charge on any atom is -0.394 e. The molecule has 0 bridgehead atoms. The van der Waals surface area contributed by atoms with Gasteiger partial charge in [-0.3, -0.25) is 0 Å². The van der Waals surface area contributed by atoms with Crippen LogP contribution in [0.15, 0.2) is 10.6 Å². The zero-order valence-corrected chi connectivity index (χ0v) is 13.9. The molecule has 102 valence electrons. The van der Waals surface area contributed by atoms with Crippen LogP contribution in [0.3, 0.4) is 0 Å². The van der Waals surface area contributed by atoms with Crippen molar-refractivity contribution in [1.82, 2.24) is 0 Å². The van der Waals surface area contributed by atoms with Crippen LogP contribution < -0.4 is 0 Å². The predicted molar refractivity (Wildman–Crippen MR) is 79.0 cm³/mol. The third-order valence-corrected chi connectivity index (χ3v) is 4.20. The second kappa shape index (κ2) is 6.35. The number of hydrogen-bond acceptors (Lipinski definition) is 3. The lowest BCUT2D eigenvalue weighted by Crippen LogP contribution is -2.42. The molecule has 0 aromatic heterocycles. The van der Waals surface area contributed by atoms with Gasteiger partial charge in [-0.05, 0) is 0 Å². The fourth-order valence-electron chi connectivity index (χ4n) is 1.71. The fourth-order valence-corrected chi connectivity index (χ4v) is 2.91. The maximum atomic E-state index is 9.73. The Kier molecular flexibility index (Phi) is 5.62. The summed E-state index contributed by atoms with van der Waals surface area (Å²) >= 11 is 3.47. The van der Waals surface area contributed by atoms with Crippen molar-refractivity contribution in [3.8, 4) is 11.5 Å². The van der Waals surface area contributed by atoms with Crippen LogP contribution in [0.1, 0.15) is 6.92 Å². The molecule has 0 spiro atoms. The number of ether oxygens (including phenoxy) is 1. The van der Waals surface area contributed by atoms with Crippen LogP contribution in [-0.2, 0) is 4.74 Å². The molecule has 0 aliphatic carbocycles. The monoisotopic (exact) mass is 332 g/mol. The highest BCUT2D eigenvalue weighted by atomic mass is 79.9. The van der Waals surface area contributed by atoms with E-state index in [9.17, 15) is 5.11 Å². The molecular formula is C13H21BrO3Si. The van der Waals surface area contributed by atoms with E-state index < -0.39 is 20.3 Å². The summed E-state index contributed by atoms with van der Waals surface area (Å²) in [4.78, 5) is 0. The van der Waals surface area contributed by atoms with Crippen LogP contribution >= 0.6 is 15.9 Å². The molecule has 1 rings (SSSR count). The number of aliphatic hydroxyl groups is 2. The Morgan fingerprint density at radius 1 is 1.50 bits per heavy atom. The van der Waals surface area contributed by atoms with Crippen molar-refractivity contribution in [3.63, 3.8) is 0 Å². The van der Waals surface area contributed by atoms with Gasteiger partial charge in [-0.25, -0.2) is 0 Å². The standard InChI is InChI=1S/C13H21BrO3Si/c1-9-7-10(14)12(5-6-18(2,3)4)17-13(9)11(16)8-15/h7,9,11-13,15-16H,8H2,1-4H3/t9-,11-,12-,13+/m1/s1. The lowest BCUT2D eigenvalue weighted by Gasteiger charge is -2.33. The van der Waals surface area contributed by atoms with Gasteiger partial charge in [0.1, 0.15) is 20.3 Å². The Morgan fingerprint density at radius 2 is 2.11 bits per heavy atom. The first-order valence-electron chi connectivity index (χ1n) is 6.09. The van der Waals surface area contributed by atoms with Crippen LogP contribution in [0, 0.1) is 17.4 Å². The molecule has 1 aliphatic rings. The summed E-state index contributed by atoms with van der Waals surface area (Å²) < 4.78 is 6.69. The molecular weight excluding hydrogens is 312 g/mol. The predicted octanol–water partition coefficient (Wildman–Crippen LogP) is 1.90. The average molecular weight is 333 g/mol. The van der Waals surface area contributed by atoms with Crippen LogP contribution in [0.5, 0.6) is 0 Å². The van der Waals surface area contributed by atoms with E-state index in [1.165, 1.54) is 0 Å². The van der Waals surface area contributed by atoms with Crippen LogP contribution in [0.2, 0.25) is 19.6 Å². The second-order valence-electron chi connectivity index (χ2n) is 5.66. The summed E-state index contributed by atoms with van der Waals surface area (Å²) in [5.41, 5.74) is 3.26. The SMILES string of the molecule is C[C@@H]1C=C(Br)[C@@H](C#C[Si](C)(C)C)O[C@@H]1[C@H](O)CO. The van der Waals surface area contributed by atoms with Crippen molar-refractivity contribution in [3.05, 3.63) is 10.6 Å². The van der Waals surface area contributed by atoms with E-state index >= 15 is 0 Å². The highest BCUT2D eigenvalue weighted by Gasteiger charge is 2.32. The lowest BCUT2D eigenvalue weighted by molar-refractivity contribution is -0.0872. The van der Waals surface area contributed by atoms with Crippen LogP contribution in [0.4, 0.5) is 0 Å². The van der Waals surface area contributed by atoms with Crippen molar-refractivity contribution in [2.75, 3.05) is 6.61 Å². The van der Waals surface area contributed by atoms with Crippen LogP contribution in [0.25, 0.3) is 0 Å². The van der Waals surface area contributed by atoms with Gasteiger partial charge >= 0.3 is 0 Å². The molecule has 5 heteroatoms. The summed E-state index contributed by atoms with van der Waals surface area (Å²) in [6.45, 7) is 8.16. The molecule has 2 N–H and O–H groups in total. The Balaban J connectivity index is 2.87. The lowest BCUT2D eigenvalue weighted by atomic mass is 9.96. The summed E-state index contributed by atoms with van der Waals surface area (Å²) in [5.74, 6) is 3.17. The van der Waals surface area contributed by atoms with Gasteiger partial charge in [0.15, 0.2) is 0 Å². The molecule has 1 aliphatic heterocycles. The molecule has 0 fully saturated rings. The van der Waals surface area contributed by atoms with Crippen molar-refractivity contribution < 1.29 is 14.9 Å². The van der Waals surface area contributed by atoms with E-state index in [4.69, 9.17) is 9.84 Å². The molecule has 4 atom stereocenters. The zero-order valence-electron chi connectivity index (χ0n) is 11.3. The Morgan fingerprint density at radius 3 is 2.61 bits per heavy atom. The van der Waals surface area contributed by atoms with E-state index in [-0.39, 0.29) is 18.6 Å². The van der Waals surface area contributed by atoms with Gasteiger partial charge in [0, 0.05) is 10.4 Å². The van der Waals surface area contributed by atoms with Gasteiger partial charge in [-0.1, -0.05) is 54.5 Å². The minimum atomic E-state index is -1.45. The smallest absolute Gasteiger partial charge is 0.149 e. The molecule has 0 saturated heterocycles. The Bertz CT molecular complexity index is 378. The van der Waals surface area contributed by atoms with Crippen molar-refractivity contribution >= 4 is 24.0 Å². The first-order valence-corrected chi connectivity index (χ1v) is 10.4. The van der Waals surface area contributed by atoms with Gasteiger partial charge in [-0.15, -0.1) is 5.54 Å². The van der Waals surface area contributed by atoms with Gasteiger partial charge in [0.25, 0.3) is 0 Å². The second-order valence-corrected chi connectivity index (χ2v) is 11.3. The van der Waals surface area contributed by atoms with Gasteiger partial charge in [0.2, 0.25) is 0 Å². The van der Waals surface area contributed by atoms with Gasteiger partial charge < -0.3 is 14.9 Å². The third kappa shape index (κ3) is 4.52. The van der Waals surface area contributed by atoms with E-state index in [0.717, 1.165) is 4.48 Å². The maximum Gasteiger partial charge on any atom is 0.149 e. The van der Waals surface area contributed by atoms with E-state index in [1.54, 1.807) is 0 Å². The van der Waals surface area contributed by atoms with E-state index in [2.05, 4.69) is 47.0 Å². The average Bonchev–Trinajstić information content (AvgIpc) is 2.25. The number of hydrogen-bond donors (Lipinski definition) is 2. The van der Waals surface area contributed by atoms with Crippen molar-refractivity contribution in [1.29, 1.82) is 0 Å². The molecule has 0 amide bonds. The molecule has 0 aromatic rings. The summed E-state index contributed by atoms with van der Waals surface area (Å²) in [6.07, 6.45) is 0.390. The molecule has 0 saturated carbocycles. The van der Waals surface area contributed by atoms with E-state index in [1.807, 2.05) is 13.0 Å². The van der Waals surface area contributed by atoms with Crippen molar-refractivity contribution in [2.24, 2.45) is 5.92 Å². The van der Waals surface area contributed by atoms with Crippen LogP contribution in [-0.4, -0.2) is 43.2 Å². The normalized spacial score (nSPS) is 30.2. The molecule has 18 heavy (non-hydrogen) atoms. The number of rotatable bonds is 2. The van der Waals surface area contributed by atoms with E-state index in [0.29, 0.717) is 0 Å². The van der Waals surface area contributed by atoms with Gasteiger partial charge in [-0.2, -0.15) is 0 Å². The first-order chi connectivity index (χ1) is 8.24. The molecule has 3 nitrogen and oxygen atoms in total. The quantitative estimate of drug-likeness (QED) is 0.599. The third-order valence-electron chi connectivity index (χ3n) is 2.63. The Hall–Kier alpha value is -0.123. The molecule has 0 unspecified atom stereocenters.